The molecule has 3 rings (SSSR count). The number of hydrogen-bond acceptors (Lipinski definition) is 6. The zero-order valence-corrected chi connectivity index (χ0v) is 14.8. The van der Waals surface area contributed by atoms with Gasteiger partial charge in [-0.05, 0) is 18.6 Å². The molecule has 1 atom stereocenters. The summed E-state index contributed by atoms with van der Waals surface area (Å²) in [6, 6.07) is 10.9. The molecule has 0 aliphatic rings. The molecule has 0 spiro atoms. The third-order valence-corrected chi connectivity index (χ3v) is 4.92. The normalized spacial score (nSPS) is 12.2. The number of ether oxygens (including phenoxy) is 2. The second-order valence-corrected chi connectivity index (χ2v) is 6.52. The molecular weight excluding hydrogens is 340 g/mol. The Balaban J connectivity index is 1.92. The number of methoxy groups -OCH3 is 1. The summed E-state index contributed by atoms with van der Waals surface area (Å²) in [5.74, 6) is -0.487. The van der Waals surface area contributed by atoms with Crippen LogP contribution in [0.25, 0.3) is 20.7 Å². The van der Waals surface area contributed by atoms with Gasteiger partial charge in [-0.3, -0.25) is 9.36 Å². The van der Waals surface area contributed by atoms with Crippen molar-refractivity contribution in [2.75, 3.05) is 20.3 Å². The standard InChI is InChI=1S/C18H18N2O4S/c1-12(18(22)24-9-8-23-2)20-11-19-16-14(17(20)21)10-15(25-16)13-6-4-3-5-7-13/h3-7,10-12H,8-9H2,1-2H3/t12-/m1/s1. The maximum atomic E-state index is 12.7. The Kier molecular flexibility index (Phi) is 5.25. The number of nitrogens with zero attached hydrogens (tertiary/aromatic N) is 2. The second-order valence-electron chi connectivity index (χ2n) is 5.49. The predicted molar refractivity (Wildman–Crippen MR) is 96.9 cm³/mol. The molecule has 7 heteroatoms. The molecule has 0 amide bonds. The molecule has 0 unspecified atom stereocenters. The maximum Gasteiger partial charge on any atom is 0.329 e. The minimum atomic E-state index is -0.749. The van der Waals surface area contributed by atoms with Gasteiger partial charge in [-0.15, -0.1) is 11.3 Å². The third-order valence-electron chi connectivity index (χ3n) is 3.83. The summed E-state index contributed by atoms with van der Waals surface area (Å²) in [6.45, 7) is 2.09. The molecule has 130 valence electrons. The Morgan fingerprint density at radius 3 is 2.76 bits per heavy atom. The molecule has 3 aromatic rings. The van der Waals surface area contributed by atoms with Crippen molar-refractivity contribution in [1.29, 1.82) is 0 Å². The van der Waals surface area contributed by atoms with Crippen LogP contribution in [0.4, 0.5) is 0 Å². The highest BCUT2D eigenvalue weighted by molar-refractivity contribution is 7.21. The first-order valence-electron chi connectivity index (χ1n) is 7.83. The van der Waals surface area contributed by atoms with Crippen LogP contribution in [0.1, 0.15) is 13.0 Å². The van der Waals surface area contributed by atoms with Crippen molar-refractivity contribution >= 4 is 27.5 Å². The van der Waals surface area contributed by atoms with Gasteiger partial charge in [0.1, 0.15) is 17.5 Å². The quantitative estimate of drug-likeness (QED) is 0.500. The van der Waals surface area contributed by atoms with Gasteiger partial charge >= 0.3 is 5.97 Å². The first-order valence-corrected chi connectivity index (χ1v) is 8.65. The van der Waals surface area contributed by atoms with E-state index >= 15 is 0 Å². The molecule has 0 saturated heterocycles. The molecule has 0 radical (unpaired) electrons. The van der Waals surface area contributed by atoms with Crippen LogP contribution in [-0.4, -0.2) is 35.8 Å². The molecule has 0 aliphatic carbocycles. The van der Waals surface area contributed by atoms with Crippen molar-refractivity contribution < 1.29 is 14.3 Å². The number of aromatic nitrogens is 2. The van der Waals surface area contributed by atoms with E-state index in [1.807, 2.05) is 36.4 Å². The van der Waals surface area contributed by atoms with Gasteiger partial charge in [0.2, 0.25) is 0 Å². The molecule has 0 fully saturated rings. The highest BCUT2D eigenvalue weighted by Gasteiger charge is 2.20. The zero-order valence-electron chi connectivity index (χ0n) is 14.0. The van der Waals surface area contributed by atoms with E-state index in [0.29, 0.717) is 16.8 Å². The van der Waals surface area contributed by atoms with Gasteiger partial charge in [-0.25, -0.2) is 9.78 Å². The summed E-state index contributed by atoms with van der Waals surface area (Å²) in [7, 11) is 1.53. The van der Waals surface area contributed by atoms with Crippen molar-refractivity contribution in [2.45, 2.75) is 13.0 Å². The van der Waals surface area contributed by atoms with Crippen LogP contribution in [0.5, 0.6) is 0 Å². The summed E-state index contributed by atoms with van der Waals surface area (Å²) in [5, 5.41) is 0.503. The van der Waals surface area contributed by atoms with Crippen LogP contribution in [0.3, 0.4) is 0 Å². The lowest BCUT2D eigenvalue weighted by atomic mass is 10.2. The van der Waals surface area contributed by atoms with Gasteiger partial charge < -0.3 is 9.47 Å². The van der Waals surface area contributed by atoms with Crippen LogP contribution in [0.2, 0.25) is 0 Å². The molecule has 25 heavy (non-hydrogen) atoms. The van der Waals surface area contributed by atoms with Gasteiger partial charge in [0, 0.05) is 12.0 Å². The molecule has 0 N–H and O–H groups in total. The van der Waals surface area contributed by atoms with E-state index in [1.54, 1.807) is 6.92 Å². The first kappa shape index (κ1) is 17.3. The van der Waals surface area contributed by atoms with E-state index in [-0.39, 0.29) is 12.2 Å². The lowest BCUT2D eigenvalue weighted by molar-refractivity contribution is -0.148. The number of carbonyl (C=O) groups is 1. The molecule has 0 aliphatic heterocycles. The summed E-state index contributed by atoms with van der Waals surface area (Å²) >= 11 is 1.45. The maximum absolute atomic E-state index is 12.7. The summed E-state index contributed by atoms with van der Waals surface area (Å²) in [6.07, 6.45) is 1.40. The number of carbonyl (C=O) groups excluding carboxylic acids is 1. The Labute approximate surface area is 148 Å². The van der Waals surface area contributed by atoms with Gasteiger partial charge in [-0.1, -0.05) is 30.3 Å². The molecule has 2 heterocycles. The smallest absolute Gasteiger partial charge is 0.329 e. The van der Waals surface area contributed by atoms with Crippen molar-refractivity contribution in [3.05, 3.63) is 53.1 Å². The van der Waals surface area contributed by atoms with E-state index in [9.17, 15) is 9.59 Å². The molecule has 0 saturated carbocycles. The SMILES string of the molecule is COCCOC(=O)[C@@H](C)n1cnc2sc(-c3ccccc3)cc2c1=O. The van der Waals surface area contributed by atoms with E-state index in [0.717, 1.165) is 10.4 Å². The average Bonchev–Trinajstić information content (AvgIpc) is 3.08. The van der Waals surface area contributed by atoms with Crippen molar-refractivity contribution in [1.82, 2.24) is 9.55 Å². The van der Waals surface area contributed by atoms with Crippen LogP contribution in [-0.2, 0) is 14.3 Å². The Hall–Kier alpha value is -2.51. The lowest BCUT2D eigenvalue weighted by Crippen LogP contribution is -2.29. The molecule has 0 bridgehead atoms. The van der Waals surface area contributed by atoms with Gasteiger partial charge in [-0.2, -0.15) is 0 Å². The van der Waals surface area contributed by atoms with Crippen molar-refractivity contribution in [3.63, 3.8) is 0 Å². The fourth-order valence-corrected chi connectivity index (χ4v) is 3.41. The van der Waals surface area contributed by atoms with Crippen LogP contribution < -0.4 is 5.56 Å². The first-order chi connectivity index (χ1) is 12.1. The molecule has 6 nitrogen and oxygen atoms in total. The van der Waals surface area contributed by atoms with Crippen molar-refractivity contribution in [3.8, 4) is 10.4 Å². The number of rotatable bonds is 6. The minimum Gasteiger partial charge on any atom is -0.462 e. The zero-order chi connectivity index (χ0) is 17.8. The summed E-state index contributed by atoms with van der Waals surface area (Å²) < 4.78 is 11.2. The van der Waals surface area contributed by atoms with Crippen LogP contribution >= 0.6 is 11.3 Å². The minimum absolute atomic E-state index is 0.153. The van der Waals surface area contributed by atoms with E-state index in [2.05, 4.69) is 4.98 Å². The van der Waals surface area contributed by atoms with E-state index < -0.39 is 12.0 Å². The fourth-order valence-electron chi connectivity index (χ4n) is 2.42. The number of thiophene rings is 1. The molecular formula is C18H18N2O4S. The highest BCUT2D eigenvalue weighted by atomic mass is 32.1. The number of hydrogen-bond donors (Lipinski definition) is 0. The topological polar surface area (TPSA) is 70.4 Å². The average molecular weight is 358 g/mol. The third kappa shape index (κ3) is 3.62. The van der Waals surface area contributed by atoms with Crippen molar-refractivity contribution in [2.24, 2.45) is 0 Å². The largest absolute Gasteiger partial charge is 0.462 e. The molecule has 2 aromatic heterocycles. The van der Waals surface area contributed by atoms with E-state index in [1.165, 1.54) is 29.3 Å². The predicted octanol–water partition coefficient (Wildman–Crippen LogP) is 2.88. The van der Waals surface area contributed by atoms with Gasteiger partial charge in [0.15, 0.2) is 0 Å². The Bertz CT molecular complexity index is 933. The highest BCUT2D eigenvalue weighted by Crippen LogP contribution is 2.30. The Morgan fingerprint density at radius 1 is 1.28 bits per heavy atom. The second kappa shape index (κ2) is 7.58. The summed E-state index contributed by atoms with van der Waals surface area (Å²) in [5.41, 5.74) is 0.781. The van der Waals surface area contributed by atoms with Gasteiger partial charge in [0.25, 0.3) is 5.56 Å². The van der Waals surface area contributed by atoms with Crippen LogP contribution in [0, 0.1) is 0 Å². The number of benzene rings is 1. The molecule has 1 aromatic carbocycles. The van der Waals surface area contributed by atoms with E-state index in [4.69, 9.17) is 9.47 Å². The van der Waals surface area contributed by atoms with Gasteiger partial charge in [0.05, 0.1) is 18.3 Å². The number of esters is 1. The van der Waals surface area contributed by atoms with Crippen LogP contribution in [0.15, 0.2) is 47.5 Å². The number of fused-ring (bicyclic) bond motifs is 1. The lowest BCUT2D eigenvalue weighted by Gasteiger charge is -2.13. The Morgan fingerprint density at radius 2 is 2.04 bits per heavy atom. The fraction of sp³-hybridized carbons (Fsp3) is 0.278. The summed E-state index contributed by atoms with van der Waals surface area (Å²) in [4.78, 5) is 30.8. The monoisotopic (exact) mass is 358 g/mol.